The van der Waals surface area contributed by atoms with Gasteiger partial charge in [0.2, 0.25) is 5.91 Å². The summed E-state index contributed by atoms with van der Waals surface area (Å²) in [4.78, 5) is 18.2. The minimum absolute atomic E-state index is 0.108. The van der Waals surface area contributed by atoms with E-state index in [1.165, 1.54) is 12.7 Å². The fraction of sp³-hybridized carbons (Fsp3) is 0.750. The quantitative estimate of drug-likeness (QED) is 0.825. The van der Waals surface area contributed by atoms with Crippen LogP contribution in [-0.4, -0.2) is 51.2 Å². The SMILES string of the molecule is CCN(CC1CCCN1)C(=O)C(C)n1cncn1. The summed E-state index contributed by atoms with van der Waals surface area (Å²) in [6.07, 6.45) is 5.40. The maximum absolute atomic E-state index is 12.4. The Morgan fingerprint density at radius 3 is 3.06 bits per heavy atom. The summed E-state index contributed by atoms with van der Waals surface area (Å²) in [5.74, 6) is 0.108. The lowest BCUT2D eigenvalue weighted by atomic mass is 10.2. The standard InChI is InChI=1S/C12H21N5O/c1-3-16(7-11-5-4-6-14-11)12(18)10(2)17-9-13-8-15-17/h8-11,14H,3-7H2,1-2H3. The molecule has 1 saturated heterocycles. The van der Waals surface area contributed by atoms with Crippen LogP contribution in [0.2, 0.25) is 0 Å². The molecule has 0 spiro atoms. The minimum atomic E-state index is -0.283. The van der Waals surface area contributed by atoms with Crippen LogP contribution >= 0.6 is 0 Å². The molecular formula is C12H21N5O. The molecule has 1 aromatic rings. The molecule has 1 amide bonds. The summed E-state index contributed by atoms with van der Waals surface area (Å²) in [5.41, 5.74) is 0. The van der Waals surface area contributed by atoms with Crippen molar-refractivity contribution in [3.8, 4) is 0 Å². The van der Waals surface area contributed by atoms with Gasteiger partial charge in [0.25, 0.3) is 0 Å². The number of carbonyl (C=O) groups excluding carboxylic acids is 1. The summed E-state index contributed by atoms with van der Waals surface area (Å²) in [5, 5.41) is 7.45. The Hall–Kier alpha value is -1.43. The van der Waals surface area contributed by atoms with Gasteiger partial charge < -0.3 is 10.2 Å². The van der Waals surface area contributed by atoms with Crippen LogP contribution in [0, 0.1) is 0 Å². The molecule has 0 aromatic carbocycles. The van der Waals surface area contributed by atoms with Crippen molar-refractivity contribution < 1.29 is 4.79 Å². The monoisotopic (exact) mass is 251 g/mol. The molecule has 1 aromatic heterocycles. The summed E-state index contributed by atoms with van der Waals surface area (Å²) in [7, 11) is 0. The van der Waals surface area contributed by atoms with Crippen LogP contribution in [0.5, 0.6) is 0 Å². The zero-order valence-corrected chi connectivity index (χ0v) is 11.0. The molecular weight excluding hydrogens is 230 g/mol. The number of rotatable bonds is 5. The maximum Gasteiger partial charge on any atom is 0.247 e. The van der Waals surface area contributed by atoms with Gasteiger partial charge in [-0.05, 0) is 33.2 Å². The molecule has 2 rings (SSSR count). The van der Waals surface area contributed by atoms with Gasteiger partial charge in [-0.2, -0.15) is 5.10 Å². The first-order chi connectivity index (χ1) is 8.72. The van der Waals surface area contributed by atoms with Crippen LogP contribution < -0.4 is 5.32 Å². The van der Waals surface area contributed by atoms with Gasteiger partial charge in [-0.3, -0.25) is 4.79 Å². The van der Waals surface area contributed by atoms with E-state index in [2.05, 4.69) is 15.4 Å². The molecule has 18 heavy (non-hydrogen) atoms. The Morgan fingerprint density at radius 1 is 1.67 bits per heavy atom. The first-order valence-electron chi connectivity index (χ1n) is 6.58. The fourth-order valence-corrected chi connectivity index (χ4v) is 2.35. The number of hydrogen-bond acceptors (Lipinski definition) is 4. The summed E-state index contributed by atoms with van der Waals surface area (Å²) in [6, 6.07) is 0.158. The maximum atomic E-state index is 12.4. The molecule has 0 saturated carbocycles. The normalized spacial score (nSPS) is 20.9. The van der Waals surface area contributed by atoms with Crippen molar-refractivity contribution >= 4 is 5.91 Å². The van der Waals surface area contributed by atoms with Gasteiger partial charge in [0.1, 0.15) is 18.7 Å². The van der Waals surface area contributed by atoms with Crippen LogP contribution in [-0.2, 0) is 4.79 Å². The molecule has 2 heterocycles. The lowest BCUT2D eigenvalue weighted by Crippen LogP contribution is -2.43. The fourth-order valence-electron chi connectivity index (χ4n) is 2.35. The zero-order chi connectivity index (χ0) is 13.0. The topological polar surface area (TPSA) is 63.1 Å². The first kappa shape index (κ1) is 13.0. The lowest BCUT2D eigenvalue weighted by molar-refractivity contribution is -0.134. The van der Waals surface area contributed by atoms with Crippen LogP contribution in [0.1, 0.15) is 32.7 Å². The Balaban J connectivity index is 1.96. The minimum Gasteiger partial charge on any atom is -0.340 e. The van der Waals surface area contributed by atoms with E-state index in [9.17, 15) is 4.79 Å². The summed E-state index contributed by atoms with van der Waals surface area (Å²) < 4.78 is 1.60. The van der Waals surface area contributed by atoms with E-state index in [-0.39, 0.29) is 11.9 Å². The highest BCUT2D eigenvalue weighted by atomic mass is 16.2. The Morgan fingerprint density at radius 2 is 2.50 bits per heavy atom. The molecule has 6 heteroatoms. The highest BCUT2D eigenvalue weighted by Gasteiger charge is 2.25. The largest absolute Gasteiger partial charge is 0.340 e. The predicted molar refractivity (Wildman–Crippen MR) is 68.0 cm³/mol. The number of amides is 1. The Kier molecular flexibility index (Phi) is 4.30. The molecule has 6 nitrogen and oxygen atoms in total. The number of likely N-dealkylation sites (N-methyl/N-ethyl adjacent to an activating group) is 1. The molecule has 2 atom stereocenters. The average molecular weight is 251 g/mol. The van der Waals surface area contributed by atoms with E-state index in [0.717, 1.165) is 26.1 Å². The van der Waals surface area contributed by atoms with E-state index in [4.69, 9.17) is 0 Å². The third-order valence-corrected chi connectivity index (χ3v) is 3.49. The number of carbonyl (C=O) groups is 1. The van der Waals surface area contributed by atoms with Crippen molar-refractivity contribution in [3.05, 3.63) is 12.7 Å². The van der Waals surface area contributed by atoms with Gasteiger partial charge in [0, 0.05) is 19.1 Å². The van der Waals surface area contributed by atoms with E-state index in [1.807, 2.05) is 18.7 Å². The predicted octanol–water partition coefficient (Wildman–Crippen LogP) is 0.440. The van der Waals surface area contributed by atoms with Crippen molar-refractivity contribution in [3.63, 3.8) is 0 Å². The second kappa shape index (κ2) is 5.95. The van der Waals surface area contributed by atoms with E-state index >= 15 is 0 Å². The lowest BCUT2D eigenvalue weighted by Gasteiger charge is -2.27. The summed E-state index contributed by atoms with van der Waals surface area (Å²) in [6.45, 7) is 6.46. The van der Waals surface area contributed by atoms with E-state index in [0.29, 0.717) is 6.04 Å². The average Bonchev–Trinajstić information content (AvgIpc) is 3.06. The second-order valence-corrected chi connectivity index (χ2v) is 4.72. The van der Waals surface area contributed by atoms with Gasteiger partial charge in [-0.1, -0.05) is 0 Å². The third kappa shape index (κ3) is 2.87. The number of nitrogens with zero attached hydrogens (tertiary/aromatic N) is 4. The van der Waals surface area contributed by atoms with Crippen molar-refractivity contribution in [2.75, 3.05) is 19.6 Å². The van der Waals surface area contributed by atoms with Crippen LogP contribution in [0.4, 0.5) is 0 Å². The summed E-state index contributed by atoms with van der Waals surface area (Å²) >= 11 is 0. The van der Waals surface area contributed by atoms with Gasteiger partial charge >= 0.3 is 0 Å². The van der Waals surface area contributed by atoms with Crippen LogP contribution in [0.15, 0.2) is 12.7 Å². The van der Waals surface area contributed by atoms with Gasteiger partial charge in [0.05, 0.1) is 0 Å². The first-order valence-corrected chi connectivity index (χ1v) is 6.58. The van der Waals surface area contributed by atoms with Crippen molar-refractivity contribution in [1.82, 2.24) is 25.0 Å². The molecule has 2 unspecified atom stereocenters. The molecule has 1 fully saturated rings. The highest BCUT2D eigenvalue weighted by Crippen LogP contribution is 2.12. The Bertz CT molecular complexity index is 372. The number of hydrogen-bond donors (Lipinski definition) is 1. The van der Waals surface area contributed by atoms with Gasteiger partial charge in [0.15, 0.2) is 0 Å². The van der Waals surface area contributed by atoms with E-state index < -0.39 is 0 Å². The van der Waals surface area contributed by atoms with Crippen LogP contribution in [0.25, 0.3) is 0 Å². The smallest absolute Gasteiger partial charge is 0.247 e. The number of aromatic nitrogens is 3. The van der Waals surface area contributed by atoms with E-state index in [1.54, 1.807) is 11.0 Å². The molecule has 1 N–H and O–H groups in total. The van der Waals surface area contributed by atoms with Crippen LogP contribution in [0.3, 0.4) is 0 Å². The molecule has 100 valence electrons. The van der Waals surface area contributed by atoms with Gasteiger partial charge in [-0.25, -0.2) is 9.67 Å². The molecule has 1 aliphatic heterocycles. The van der Waals surface area contributed by atoms with Crippen molar-refractivity contribution in [2.45, 2.75) is 38.8 Å². The zero-order valence-electron chi connectivity index (χ0n) is 11.0. The molecule has 1 aliphatic rings. The second-order valence-electron chi connectivity index (χ2n) is 4.72. The highest BCUT2D eigenvalue weighted by molar-refractivity contribution is 5.79. The number of nitrogens with one attached hydrogen (secondary N) is 1. The Labute approximate surface area is 107 Å². The molecule has 0 radical (unpaired) electrons. The van der Waals surface area contributed by atoms with Crippen molar-refractivity contribution in [1.29, 1.82) is 0 Å². The third-order valence-electron chi connectivity index (χ3n) is 3.49. The molecule has 0 aliphatic carbocycles. The van der Waals surface area contributed by atoms with Crippen molar-refractivity contribution in [2.24, 2.45) is 0 Å². The van der Waals surface area contributed by atoms with Gasteiger partial charge in [-0.15, -0.1) is 0 Å². The molecule has 0 bridgehead atoms.